The number of amides is 1. The fraction of sp³-hybridized carbons (Fsp3) is 0.588. The molecule has 0 unspecified atom stereocenters. The lowest BCUT2D eigenvalue weighted by molar-refractivity contribution is -0.185. The first-order chi connectivity index (χ1) is 11.2. The van der Waals surface area contributed by atoms with Crippen molar-refractivity contribution in [1.82, 2.24) is 4.90 Å². The van der Waals surface area contributed by atoms with Crippen LogP contribution in [0.15, 0.2) is 24.3 Å². The largest absolute Gasteiger partial charge is 0.494 e. The number of hydrogen-bond donors (Lipinski definition) is 1. The molecule has 0 aliphatic carbocycles. The summed E-state index contributed by atoms with van der Waals surface area (Å²) in [6.07, 6.45) is 1.65. The molecule has 2 heterocycles. The number of rotatable bonds is 5. The lowest BCUT2D eigenvalue weighted by atomic mass is 10.0. The normalized spacial score (nSPS) is 20.6. The molecule has 1 spiro atoms. The molecular weight excluding hydrogens is 296 g/mol. The Hall–Kier alpha value is -1.63. The summed E-state index contributed by atoms with van der Waals surface area (Å²) < 4.78 is 16.8. The maximum atomic E-state index is 12.2. The Labute approximate surface area is 136 Å². The topological polar surface area (TPSA) is 60.0 Å². The van der Waals surface area contributed by atoms with Crippen LogP contribution in [0.25, 0.3) is 0 Å². The zero-order chi connectivity index (χ0) is 16.1. The van der Waals surface area contributed by atoms with Crippen LogP contribution in [0.2, 0.25) is 0 Å². The van der Waals surface area contributed by atoms with Gasteiger partial charge >= 0.3 is 0 Å². The molecule has 2 aliphatic heterocycles. The third-order valence-electron chi connectivity index (χ3n) is 4.25. The van der Waals surface area contributed by atoms with E-state index in [1.165, 1.54) is 0 Å². The first-order valence-corrected chi connectivity index (χ1v) is 8.22. The summed E-state index contributed by atoms with van der Waals surface area (Å²) in [7, 11) is 0. The van der Waals surface area contributed by atoms with Crippen LogP contribution in [0, 0.1) is 0 Å². The summed E-state index contributed by atoms with van der Waals surface area (Å²) in [4.78, 5) is 14.3. The number of nitrogens with one attached hydrogen (secondary N) is 1. The molecule has 0 atom stereocenters. The minimum absolute atomic E-state index is 0.00151. The molecule has 6 nitrogen and oxygen atoms in total. The lowest BCUT2D eigenvalue weighted by Gasteiger charge is -2.37. The number of anilines is 1. The van der Waals surface area contributed by atoms with Crippen LogP contribution in [-0.4, -0.2) is 56.0 Å². The maximum Gasteiger partial charge on any atom is 0.238 e. The van der Waals surface area contributed by atoms with E-state index < -0.39 is 0 Å². The van der Waals surface area contributed by atoms with Crippen molar-refractivity contribution >= 4 is 11.6 Å². The van der Waals surface area contributed by atoms with E-state index in [9.17, 15) is 4.79 Å². The summed E-state index contributed by atoms with van der Waals surface area (Å²) in [6.45, 7) is 5.96. The van der Waals surface area contributed by atoms with Crippen molar-refractivity contribution in [3.8, 4) is 5.75 Å². The number of carbonyl (C=O) groups excluding carboxylic acids is 1. The van der Waals surface area contributed by atoms with E-state index in [-0.39, 0.29) is 11.7 Å². The zero-order valence-electron chi connectivity index (χ0n) is 13.5. The molecule has 3 rings (SSSR count). The van der Waals surface area contributed by atoms with Gasteiger partial charge in [0.15, 0.2) is 5.79 Å². The van der Waals surface area contributed by atoms with Crippen LogP contribution in [-0.2, 0) is 14.3 Å². The molecule has 2 fully saturated rings. The molecule has 0 aromatic heterocycles. The molecule has 0 bridgehead atoms. The van der Waals surface area contributed by atoms with Gasteiger partial charge in [-0.2, -0.15) is 0 Å². The van der Waals surface area contributed by atoms with Gasteiger partial charge in [-0.1, -0.05) is 0 Å². The molecule has 1 N–H and O–H groups in total. The van der Waals surface area contributed by atoms with Crippen LogP contribution >= 0.6 is 0 Å². The predicted molar refractivity (Wildman–Crippen MR) is 86.5 cm³/mol. The third-order valence-corrected chi connectivity index (χ3v) is 4.25. The predicted octanol–water partition coefficient (Wildman–Crippen LogP) is 1.86. The van der Waals surface area contributed by atoms with Gasteiger partial charge < -0.3 is 19.5 Å². The minimum Gasteiger partial charge on any atom is -0.494 e. The van der Waals surface area contributed by atoms with E-state index in [1.807, 2.05) is 31.2 Å². The summed E-state index contributed by atoms with van der Waals surface area (Å²) in [5.74, 6) is 0.420. The number of benzene rings is 1. The van der Waals surface area contributed by atoms with Gasteiger partial charge in [0, 0.05) is 31.6 Å². The molecule has 2 aliphatic rings. The van der Waals surface area contributed by atoms with Gasteiger partial charge in [-0.3, -0.25) is 9.69 Å². The number of piperidine rings is 1. The van der Waals surface area contributed by atoms with Crippen LogP contribution < -0.4 is 10.1 Å². The first-order valence-electron chi connectivity index (χ1n) is 8.22. The Morgan fingerprint density at radius 3 is 2.48 bits per heavy atom. The molecular formula is C17H24N2O4. The SMILES string of the molecule is CCOc1ccc(NC(=O)CN2CCC3(CC2)OCCO3)cc1. The highest BCUT2D eigenvalue weighted by Gasteiger charge is 2.39. The van der Waals surface area contributed by atoms with Gasteiger partial charge in [-0.15, -0.1) is 0 Å². The molecule has 23 heavy (non-hydrogen) atoms. The second-order valence-corrected chi connectivity index (χ2v) is 5.89. The summed E-state index contributed by atoms with van der Waals surface area (Å²) in [5.41, 5.74) is 0.786. The van der Waals surface area contributed by atoms with E-state index >= 15 is 0 Å². The first kappa shape index (κ1) is 16.2. The van der Waals surface area contributed by atoms with Crippen molar-refractivity contribution < 1.29 is 19.0 Å². The minimum atomic E-state index is -0.387. The molecule has 0 radical (unpaired) electrons. The zero-order valence-corrected chi connectivity index (χ0v) is 13.5. The average molecular weight is 320 g/mol. The quantitative estimate of drug-likeness (QED) is 0.897. The van der Waals surface area contributed by atoms with Crippen molar-refractivity contribution in [2.45, 2.75) is 25.6 Å². The van der Waals surface area contributed by atoms with Crippen LogP contribution in [0.3, 0.4) is 0 Å². The molecule has 126 valence electrons. The fourth-order valence-electron chi connectivity index (χ4n) is 3.04. The van der Waals surface area contributed by atoms with Crippen LogP contribution in [0.4, 0.5) is 5.69 Å². The van der Waals surface area contributed by atoms with E-state index in [2.05, 4.69) is 10.2 Å². The van der Waals surface area contributed by atoms with E-state index in [0.717, 1.165) is 37.4 Å². The van der Waals surface area contributed by atoms with Gasteiger partial charge in [0.05, 0.1) is 26.4 Å². The summed E-state index contributed by atoms with van der Waals surface area (Å²) >= 11 is 0. The third kappa shape index (κ3) is 4.22. The second kappa shape index (κ2) is 7.29. The van der Waals surface area contributed by atoms with E-state index in [1.54, 1.807) is 0 Å². The average Bonchev–Trinajstić information content (AvgIpc) is 3.00. The highest BCUT2D eigenvalue weighted by atomic mass is 16.7. The van der Waals surface area contributed by atoms with Gasteiger partial charge in [0.1, 0.15) is 5.75 Å². The van der Waals surface area contributed by atoms with Crippen LogP contribution in [0.1, 0.15) is 19.8 Å². The number of carbonyl (C=O) groups is 1. The molecule has 1 amide bonds. The van der Waals surface area contributed by atoms with Crippen molar-refractivity contribution in [1.29, 1.82) is 0 Å². The van der Waals surface area contributed by atoms with E-state index in [0.29, 0.717) is 26.4 Å². The smallest absolute Gasteiger partial charge is 0.238 e. The number of ether oxygens (including phenoxy) is 3. The van der Waals surface area contributed by atoms with Crippen LogP contribution in [0.5, 0.6) is 5.75 Å². The molecule has 6 heteroatoms. The fourth-order valence-corrected chi connectivity index (χ4v) is 3.04. The maximum absolute atomic E-state index is 12.2. The van der Waals surface area contributed by atoms with Crippen molar-refractivity contribution in [2.75, 3.05) is 44.8 Å². The molecule has 0 saturated carbocycles. The Morgan fingerprint density at radius 1 is 1.22 bits per heavy atom. The Morgan fingerprint density at radius 2 is 1.87 bits per heavy atom. The van der Waals surface area contributed by atoms with E-state index in [4.69, 9.17) is 14.2 Å². The highest BCUT2D eigenvalue weighted by Crippen LogP contribution is 2.31. The second-order valence-electron chi connectivity index (χ2n) is 5.89. The monoisotopic (exact) mass is 320 g/mol. The highest BCUT2D eigenvalue weighted by molar-refractivity contribution is 5.92. The van der Waals surface area contributed by atoms with Gasteiger partial charge in [-0.05, 0) is 31.2 Å². The Bertz CT molecular complexity index is 516. The standard InChI is InChI=1S/C17H24N2O4/c1-2-21-15-5-3-14(4-6-15)18-16(20)13-19-9-7-17(8-10-19)22-11-12-23-17/h3-6H,2,7-13H2,1H3,(H,18,20). The summed E-state index contributed by atoms with van der Waals surface area (Å²) in [6, 6.07) is 7.43. The molecule has 1 aromatic rings. The van der Waals surface area contributed by atoms with Gasteiger partial charge in [0.25, 0.3) is 0 Å². The number of nitrogens with zero attached hydrogens (tertiary/aromatic N) is 1. The molecule has 2 saturated heterocycles. The lowest BCUT2D eigenvalue weighted by Crippen LogP contribution is -2.47. The van der Waals surface area contributed by atoms with Crippen molar-refractivity contribution in [3.05, 3.63) is 24.3 Å². The Kier molecular flexibility index (Phi) is 5.15. The van der Waals surface area contributed by atoms with Crippen molar-refractivity contribution in [2.24, 2.45) is 0 Å². The van der Waals surface area contributed by atoms with Crippen molar-refractivity contribution in [3.63, 3.8) is 0 Å². The number of hydrogen-bond acceptors (Lipinski definition) is 5. The van der Waals surface area contributed by atoms with Gasteiger partial charge in [-0.25, -0.2) is 0 Å². The molecule has 1 aromatic carbocycles. The number of likely N-dealkylation sites (tertiary alicyclic amines) is 1. The Balaban J connectivity index is 1.44. The summed E-state index contributed by atoms with van der Waals surface area (Å²) in [5, 5.41) is 2.92. The van der Waals surface area contributed by atoms with Gasteiger partial charge in [0.2, 0.25) is 5.91 Å².